The molecule has 0 saturated heterocycles. The Labute approximate surface area is 152 Å². The molecular formula is C17H18F4N2O4. The van der Waals surface area contributed by atoms with Crippen molar-refractivity contribution in [3.63, 3.8) is 0 Å². The van der Waals surface area contributed by atoms with Crippen molar-refractivity contribution in [2.75, 3.05) is 13.7 Å². The average molecular weight is 390 g/mol. The highest BCUT2D eigenvalue weighted by Gasteiger charge is 2.48. The lowest BCUT2D eigenvalue weighted by Crippen LogP contribution is -2.54. The molecule has 10 heteroatoms. The summed E-state index contributed by atoms with van der Waals surface area (Å²) in [4.78, 5) is 28.0. The van der Waals surface area contributed by atoms with Crippen LogP contribution in [0.25, 0.3) is 0 Å². The Morgan fingerprint density at radius 1 is 1.37 bits per heavy atom. The monoisotopic (exact) mass is 390 g/mol. The van der Waals surface area contributed by atoms with E-state index in [-0.39, 0.29) is 24.3 Å². The van der Waals surface area contributed by atoms with Gasteiger partial charge in [-0.15, -0.1) is 0 Å². The van der Waals surface area contributed by atoms with Crippen molar-refractivity contribution in [1.29, 1.82) is 0 Å². The number of rotatable bonds is 5. The van der Waals surface area contributed by atoms with Crippen molar-refractivity contribution >= 4 is 11.9 Å². The van der Waals surface area contributed by atoms with Gasteiger partial charge in [-0.05, 0) is 44.0 Å². The lowest BCUT2D eigenvalue weighted by atomic mass is 9.86. The fraction of sp³-hybridized carbons (Fsp3) is 0.412. The maximum absolute atomic E-state index is 12.5. The molecule has 27 heavy (non-hydrogen) atoms. The number of nitrogens with zero attached hydrogens (tertiary/aromatic N) is 1. The number of hydroxylamine groups is 2. The second-order valence-electron chi connectivity index (χ2n) is 6.46. The molecule has 1 aliphatic rings. The Hall–Kier alpha value is -2.78. The van der Waals surface area contributed by atoms with Gasteiger partial charge in [-0.25, -0.2) is 9.18 Å². The van der Waals surface area contributed by atoms with Gasteiger partial charge in [0.05, 0.1) is 11.2 Å². The SMILES string of the molecule is CN/C(=C/F)COc1ccc2c(c1)CC(C)(C)N(OC(=O)C(F)(F)F)C2=O. The van der Waals surface area contributed by atoms with Crippen LogP contribution in [0.3, 0.4) is 0 Å². The first kappa shape index (κ1) is 20.5. The fourth-order valence-electron chi connectivity index (χ4n) is 2.56. The van der Waals surface area contributed by atoms with Crippen molar-refractivity contribution in [2.45, 2.75) is 32.0 Å². The summed E-state index contributed by atoms with van der Waals surface area (Å²) in [5.41, 5.74) is -0.406. The fourth-order valence-corrected chi connectivity index (χ4v) is 2.56. The highest BCUT2D eigenvalue weighted by molar-refractivity contribution is 5.97. The maximum Gasteiger partial charge on any atom is 0.493 e. The van der Waals surface area contributed by atoms with Crippen LogP contribution in [0.15, 0.2) is 30.2 Å². The van der Waals surface area contributed by atoms with Gasteiger partial charge in [0, 0.05) is 12.6 Å². The number of carbonyl (C=O) groups is 2. The number of likely N-dealkylation sites (N-methyl/N-ethyl adjacent to an activating group) is 1. The molecule has 1 aromatic carbocycles. The highest BCUT2D eigenvalue weighted by atomic mass is 19.4. The maximum atomic E-state index is 12.5. The number of alkyl halides is 3. The molecule has 0 unspecified atom stereocenters. The minimum Gasteiger partial charge on any atom is -0.487 e. The van der Waals surface area contributed by atoms with E-state index < -0.39 is 23.6 Å². The van der Waals surface area contributed by atoms with E-state index in [4.69, 9.17) is 4.74 Å². The lowest BCUT2D eigenvalue weighted by Gasteiger charge is -2.40. The Bertz CT molecular complexity index is 775. The number of amides is 1. The van der Waals surface area contributed by atoms with E-state index >= 15 is 0 Å². The Balaban J connectivity index is 2.25. The first-order valence-electron chi connectivity index (χ1n) is 7.86. The Morgan fingerprint density at radius 2 is 2.04 bits per heavy atom. The van der Waals surface area contributed by atoms with E-state index in [1.54, 1.807) is 6.07 Å². The van der Waals surface area contributed by atoms with Crippen molar-refractivity contribution in [1.82, 2.24) is 10.4 Å². The molecule has 1 heterocycles. The molecule has 0 fully saturated rings. The summed E-state index contributed by atoms with van der Waals surface area (Å²) >= 11 is 0. The van der Waals surface area contributed by atoms with Gasteiger partial charge in [-0.1, -0.05) is 0 Å². The molecule has 0 spiro atoms. The smallest absolute Gasteiger partial charge is 0.487 e. The zero-order valence-electron chi connectivity index (χ0n) is 14.8. The van der Waals surface area contributed by atoms with Gasteiger partial charge in [0.2, 0.25) is 0 Å². The standard InChI is InChI=1S/C17H18F4N2O4/c1-16(2)7-10-6-12(26-9-11(8-18)22-3)4-5-13(10)14(24)23(16)27-15(25)17(19,20)21/h4-6,8,22H,7,9H2,1-3H3/b11-8+. The molecule has 0 bridgehead atoms. The third kappa shape index (κ3) is 4.50. The van der Waals surface area contributed by atoms with E-state index in [1.165, 1.54) is 33.0 Å². The van der Waals surface area contributed by atoms with Crippen LogP contribution in [0.5, 0.6) is 5.75 Å². The summed E-state index contributed by atoms with van der Waals surface area (Å²) in [5, 5.41) is 3.04. The molecule has 148 valence electrons. The lowest BCUT2D eigenvalue weighted by molar-refractivity contribution is -0.242. The molecular weight excluding hydrogens is 372 g/mol. The van der Waals surface area contributed by atoms with E-state index in [1.807, 2.05) is 0 Å². The van der Waals surface area contributed by atoms with Crippen LogP contribution in [0.4, 0.5) is 17.6 Å². The highest BCUT2D eigenvalue weighted by Crippen LogP contribution is 2.34. The van der Waals surface area contributed by atoms with Gasteiger partial charge in [0.15, 0.2) is 0 Å². The van der Waals surface area contributed by atoms with Crippen molar-refractivity contribution < 1.29 is 36.7 Å². The predicted octanol–water partition coefficient (Wildman–Crippen LogP) is 2.89. The average Bonchev–Trinajstić information content (AvgIpc) is 2.57. The summed E-state index contributed by atoms with van der Waals surface area (Å²) in [7, 11) is 1.53. The van der Waals surface area contributed by atoms with Gasteiger partial charge >= 0.3 is 12.1 Å². The minimum absolute atomic E-state index is 0.0710. The quantitative estimate of drug-likeness (QED) is 0.784. The van der Waals surface area contributed by atoms with E-state index in [0.717, 1.165) is 0 Å². The third-order valence-electron chi connectivity index (χ3n) is 3.92. The van der Waals surface area contributed by atoms with Crippen molar-refractivity contribution in [3.8, 4) is 5.75 Å². The number of hydrogen-bond donors (Lipinski definition) is 1. The van der Waals surface area contributed by atoms with Crippen LogP contribution in [0.1, 0.15) is 29.8 Å². The molecule has 0 atom stereocenters. The number of ether oxygens (including phenoxy) is 1. The molecule has 1 N–H and O–H groups in total. The molecule has 6 nitrogen and oxygen atoms in total. The Morgan fingerprint density at radius 3 is 2.59 bits per heavy atom. The van der Waals surface area contributed by atoms with Gasteiger partial charge < -0.3 is 14.9 Å². The largest absolute Gasteiger partial charge is 0.493 e. The van der Waals surface area contributed by atoms with Gasteiger partial charge in [0.1, 0.15) is 18.7 Å². The molecule has 0 saturated carbocycles. The first-order chi connectivity index (χ1) is 12.5. The number of halogens is 4. The van der Waals surface area contributed by atoms with Crippen molar-refractivity contribution in [2.24, 2.45) is 0 Å². The van der Waals surface area contributed by atoms with Gasteiger partial charge in [0.25, 0.3) is 5.91 Å². The van der Waals surface area contributed by atoms with Crippen LogP contribution in [0, 0.1) is 0 Å². The first-order valence-corrected chi connectivity index (χ1v) is 7.86. The number of nitrogens with one attached hydrogen (secondary N) is 1. The summed E-state index contributed by atoms with van der Waals surface area (Å²) in [6, 6.07) is 4.32. The molecule has 1 amide bonds. The van der Waals surface area contributed by atoms with Gasteiger partial charge in [-0.2, -0.15) is 18.2 Å². The number of carbonyl (C=O) groups excluding carboxylic acids is 2. The topological polar surface area (TPSA) is 67.9 Å². The second-order valence-corrected chi connectivity index (χ2v) is 6.46. The molecule has 1 aliphatic heterocycles. The summed E-state index contributed by atoms with van der Waals surface area (Å²) in [6.45, 7) is 2.87. The number of hydrogen-bond acceptors (Lipinski definition) is 5. The molecule has 2 rings (SSSR count). The minimum atomic E-state index is -5.22. The van der Waals surface area contributed by atoms with Crippen LogP contribution < -0.4 is 10.1 Å². The normalized spacial score (nSPS) is 16.6. The van der Waals surface area contributed by atoms with Crippen LogP contribution in [-0.4, -0.2) is 42.3 Å². The Kier molecular flexibility index (Phi) is 5.67. The molecule has 0 aliphatic carbocycles. The van der Waals surface area contributed by atoms with Crippen LogP contribution in [-0.2, 0) is 16.1 Å². The second kappa shape index (κ2) is 7.45. The number of fused-ring (bicyclic) bond motifs is 1. The summed E-state index contributed by atoms with van der Waals surface area (Å²) < 4.78 is 55.4. The zero-order valence-corrected chi connectivity index (χ0v) is 14.8. The zero-order chi connectivity index (χ0) is 20.4. The van der Waals surface area contributed by atoms with E-state index in [0.29, 0.717) is 22.7 Å². The van der Waals surface area contributed by atoms with E-state index in [9.17, 15) is 27.2 Å². The molecule has 0 radical (unpaired) electrons. The third-order valence-corrected chi connectivity index (χ3v) is 3.92. The van der Waals surface area contributed by atoms with Gasteiger partial charge in [-0.3, -0.25) is 4.79 Å². The molecule has 0 aromatic heterocycles. The summed E-state index contributed by atoms with van der Waals surface area (Å²) in [6.07, 6.45) is -4.74. The van der Waals surface area contributed by atoms with Crippen LogP contribution in [0.2, 0.25) is 0 Å². The van der Waals surface area contributed by atoms with Crippen molar-refractivity contribution in [3.05, 3.63) is 41.4 Å². The van der Waals surface area contributed by atoms with E-state index in [2.05, 4.69) is 10.2 Å². The predicted molar refractivity (Wildman–Crippen MR) is 86.3 cm³/mol. The number of benzene rings is 1. The summed E-state index contributed by atoms with van der Waals surface area (Å²) in [5.74, 6) is -2.98. The molecule has 1 aromatic rings. The van der Waals surface area contributed by atoms with Crippen LogP contribution >= 0.6 is 0 Å².